The van der Waals surface area contributed by atoms with E-state index in [0.717, 1.165) is 5.69 Å². The number of nitrogens with zero attached hydrogens (tertiary/aromatic N) is 2. The zero-order chi connectivity index (χ0) is 11.5. The molecular weight excluding hydrogens is 214 g/mol. The predicted molar refractivity (Wildman–Crippen MR) is 58.7 cm³/mol. The number of halogens is 1. The van der Waals surface area contributed by atoms with Crippen molar-refractivity contribution in [3.63, 3.8) is 0 Å². The smallest absolute Gasteiger partial charge is 0.235 e. The third-order valence-corrected chi connectivity index (χ3v) is 2.17. The molecule has 1 N–H and O–H groups in total. The Bertz CT molecular complexity index is 365. The lowest BCUT2D eigenvalue weighted by molar-refractivity contribution is -0.120. The number of aryl methyl sites for hydroxylation is 1. The van der Waals surface area contributed by atoms with Crippen LogP contribution in [0.25, 0.3) is 0 Å². The van der Waals surface area contributed by atoms with Crippen molar-refractivity contribution in [3.8, 4) is 0 Å². The summed E-state index contributed by atoms with van der Waals surface area (Å²) in [5.41, 5.74) is 0.269. The topological polar surface area (TPSA) is 54.9 Å². The zero-order valence-electron chi connectivity index (χ0n) is 9.04. The number of rotatable bonds is 3. The standard InChI is InChI=1S/C10H14ClN3O/c1-7-4-5-12-9(13-7)10(2,3)14-8(15)6-11/h4-5H,6H2,1-3H3,(H,14,15). The molecule has 5 heteroatoms. The number of amides is 1. The van der Waals surface area contributed by atoms with Gasteiger partial charge in [-0.2, -0.15) is 0 Å². The van der Waals surface area contributed by atoms with E-state index in [2.05, 4.69) is 15.3 Å². The average molecular weight is 228 g/mol. The van der Waals surface area contributed by atoms with E-state index in [1.165, 1.54) is 0 Å². The van der Waals surface area contributed by atoms with E-state index in [9.17, 15) is 4.79 Å². The number of carbonyl (C=O) groups is 1. The van der Waals surface area contributed by atoms with E-state index in [0.29, 0.717) is 5.82 Å². The lowest BCUT2D eigenvalue weighted by Gasteiger charge is -2.24. The van der Waals surface area contributed by atoms with Crippen LogP contribution in [0.2, 0.25) is 0 Å². The summed E-state index contributed by atoms with van der Waals surface area (Å²) in [5.74, 6) is 0.294. The van der Waals surface area contributed by atoms with E-state index >= 15 is 0 Å². The van der Waals surface area contributed by atoms with Gasteiger partial charge in [0.25, 0.3) is 0 Å². The van der Waals surface area contributed by atoms with Crippen molar-refractivity contribution >= 4 is 17.5 Å². The number of aromatic nitrogens is 2. The Hall–Kier alpha value is -1.16. The van der Waals surface area contributed by atoms with E-state index in [4.69, 9.17) is 11.6 Å². The SMILES string of the molecule is Cc1ccnc(C(C)(C)NC(=O)CCl)n1. The molecule has 0 saturated heterocycles. The van der Waals surface area contributed by atoms with Crippen molar-refractivity contribution in [3.05, 3.63) is 23.8 Å². The van der Waals surface area contributed by atoms with Crippen molar-refractivity contribution in [1.29, 1.82) is 0 Å². The fourth-order valence-corrected chi connectivity index (χ4v) is 1.25. The molecule has 0 aliphatic rings. The summed E-state index contributed by atoms with van der Waals surface area (Å²) in [6.45, 7) is 5.56. The molecule has 82 valence electrons. The minimum absolute atomic E-state index is 0.0603. The molecule has 4 nitrogen and oxygen atoms in total. The van der Waals surface area contributed by atoms with Gasteiger partial charge in [0.1, 0.15) is 5.88 Å². The fourth-order valence-electron chi connectivity index (χ4n) is 1.19. The minimum atomic E-state index is -0.599. The fraction of sp³-hybridized carbons (Fsp3) is 0.500. The Morgan fingerprint density at radius 2 is 2.27 bits per heavy atom. The molecule has 1 heterocycles. The highest BCUT2D eigenvalue weighted by molar-refractivity contribution is 6.27. The second kappa shape index (κ2) is 4.57. The van der Waals surface area contributed by atoms with Crippen molar-refractivity contribution in [2.24, 2.45) is 0 Å². The first kappa shape index (κ1) is 11.9. The molecule has 0 aromatic carbocycles. The number of carbonyl (C=O) groups excluding carboxylic acids is 1. The lowest BCUT2D eigenvalue weighted by Crippen LogP contribution is -2.43. The predicted octanol–water partition coefficient (Wildman–Crippen LogP) is 1.38. The molecule has 0 bridgehead atoms. The molecule has 1 rings (SSSR count). The molecule has 1 amide bonds. The van der Waals surface area contributed by atoms with Crippen LogP contribution in [0, 0.1) is 6.92 Å². The molecule has 1 aromatic rings. The summed E-state index contributed by atoms with van der Waals surface area (Å²) in [4.78, 5) is 19.6. The van der Waals surface area contributed by atoms with Gasteiger partial charge in [0, 0.05) is 11.9 Å². The Kier molecular flexibility index (Phi) is 3.63. The van der Waals surface area contributed by atoms with Gasteiger partial charge < -0.3 is 5.32 Å². The van der Waals surface area contributed by atoms with Crippen LogP contribution in [-0.2, 0) is 10.3 Å². The maximum Gasteiger partial charge on any atom is 0.235 e. The van der Waals surface area contributed by atoms with Crippen LogP contribution >= 0.6 is 11.6 Å². The summed E-state index contributed by atoms with van der Waals surface area (Å²) >= 11 is 5.42. The van der Waals surface area contributed by atoms with Crippen LogP contribution in [0.3, 0.4) is 0 Å². The van der Waals surface area contributed by atoms with Gasteiger partial charge in [0.2, 0.25) is 5.91 Å². The lowest BCUT2D eigenvalue weighted by atomic mass is 10.0. The van der Waals surface area contributed by atoms with Gasteiger partial charge in [-0.05, 0) is 26.8 Å². The maximum atomic E-state index is 11.2. The molecule has 0 atom stereocenters. The molecular formula is C10H14ClN3O. The second-order valence-corrected chi connectivity index (χ2v) is 4.10. The molecule has 0 aliphatic heterocycles. The van der Waals surface area contributed by atoms with Gasteiger partial charge in [-0.15, -0.1) is 11.6 Å². The first-order valence-electron chi connectivity index (χ1n) is 4.63. The number of alkyl halides is 1. The number of nitrogens with one attached hydrogen (secondary N) is 1. The molecule has 0 unspecified atom stereocenters. The summed E-state index contributed by atoms with van der Waals surface area (Å²) in [7, 11) is 0. The van der Waals surface area contributed by atoms with Gasteiger partial charge in [0.05, 0.1) is 5.54 Å². The quantitative estimate of drug-likeness (QED) is 0.794. The van der Waals surface area contributed by atoms with Crippen LogP contribution in [0.5, 0.6) is 0 Å². The highest BCUT2D eigenvalue weighted by Crippen LogP contribution is 2.15. The van der Waals surface area contributed by atoms with Crippen LogP contribution in [0.15, 0.2) is 12.3 Å². The molecule has 0 fully saturated rings. The monoisotopic (exact) mass is 227 g/mol. The maximum absolute atomic E-state index is 11.2. The Balaban J connectivity index is 2.90. The molecule has 0 aliphatic carbocycles. The minimum Gasteiger partial charge on any atom is -0.343 e. The highest BCUT2D eigenvalue weighted by atomic mass is 35.5. The van der Waals surface area contributed by atoms with Gasteiger partial charge >= 0.3 is 0 Å². The first-order valence-corrected chi connectivity index (χ1v) is 5.16. The number of hydrogen-bond donors (Lipinski definition) is 1. The highest BCUT2D eigenvalue weighted by Gasteiger charge is 2.25. The normalized spacial score (nSPS) is 11.2. The Labute approximate surface area is 94.1 Å². The van der Waals surface area contributed by atoms with Crippen molar-refractivity contribution in [1.82, 2.24) is 15.3 Å². The van der Waals surface area contributed by atoms with E-state index in [1.54, 1.807) is 6.20 Å². The van der Waals surface area contributed by atoms with Crippen LogP contribution in [0.4, 0.5) is 0 Å². The van der Waals surface area contributed by atoms with Crippen LogP contribution in [0.1, 0.15) is 25.4 Å². The van der Waals surface area contributed by atoms with Gasteiger partial charge in [-0.3, -0.25) is 4.79 Å². The summed E-state index contributed by atoms with van der Waals surface area (Å²) in [6, 6.07) is 1.81. The third kappa shape index (κ3) is 3.16. The van der Waals surface area contributed by atoms with Gasteiger partial charge in [-0.25, -0.2) is 9.97 Å². The Morgan fingerprint density at radius 1 is 1.60 bits per heavy atom. The summed E-state index contributed by atoms with van der Waals surface area (Å²) < 4.78 is 0. The van der Waals surface area contributed by atoms with Crippen LogP contribution in [-0.4, -0.2) is 21.8 Å². The van der Waals surface area contributed by atoms with Crippen molar-refractivity contribution in [2.75, 3.05) is 5.88 Å². The van der Waals surface area contributed by atoms with Crippen molar-refractivity contribution < 1.29 is 4.79 Å². The molecule has 0 spiro atoms. The van der Waals surface area contributed by atoms with Crippen molar-refractivity contribution in [2.45, 2.75) is 26.3 Å². The third-order valence-electron chi connectivity index (χ3n) is 1.93. The van der Waals surface area contributed by atoms with Gasteiger partial charge in [0.15, 0.2) is 5.82 Å². The first-order chi connectivity index (χ1) is 6.95. The zero-order valence-corrected chi connectivity index (χ0v) is 9.80. The molecule has 0 radical (unpaired) electrons. The molecule has 0 saturated carbocycles. The number of hydrogen-bond acceptors (Lipinski definition) is 3. The van der Waals surface area contributed by atoms with E-state index < -0.39 is 5.54 Å². The Morgan fingerprint density at radius 3 is 2.80 bits per heavy atom. The van der Waals surface area contributed by atoms with E-state index in [1.807, 2.05) is 26.8 Å². The van der Waals surface area contributed by atoms with Gasteiger partial charge in [-0.1, -0.05) is 0 Å². The molecule has 15 heavy (non-hydrogen) atoms. The second-order valence-electron chi connectivity index (χ2n) is 3.83. The largest absolute Gasteiger partial charge is 0.343 e. The summed E-state index contributed by atoms with van der Waals surface area (Å²) in [6.07, 6.45) is 1.67. The molecule has 1 aromatic heterocycles. The average Bonchev–Trinajstić information content (AvgIpc) is 2.17. The summed E-state index contributed by atoms with van der Waals surface area (Å²) in [5, 5.41) is 2.75. The van der Waals surface area contributed by atoms with Crippen LogP contribution < -0.4 is 5.32 Å². The van der Waals surface area contributed by atoms with E-state index in [-0.39, 0.29) is 11.8 Å².